The zero-order valence-corrected chi connectivity index (χ0v) is 10.7. The average molecular weight is 245 g/mol. The van der Waals surface area contributed by atoms with Crippen molar-refractivity contribution in [2.75, 3.05) is 17.3 Å². The van der Waals surface area contributed by atoms with Gasteiger partial charge in [0.1, 0.15) is 0 Å². The first-order valence-corrected chi connectivity index (χ1v) is 6.56. The second kappa shape index (κ2) is 5.10. The lowest BCUT2D eigenvalue weighted by Crippen LogP contribution is -2.00. The Bertz CT molecular complexity index is 509. The van der Waals surface area contributed by atoms with Crippen LogP contribution in [0.4, 0.5) is 17.2 Å². The molecule has 0 radical (unpaired) electrons. The predicted molar refractivity (Wildman–Crippen MR) is 74.9 cm³/mol. The highest BCUT2D eigenvalue weighted by molar-refractivity contribution is 7.98. The molecule has 88 valence electrons. The van der Waals surface area contributed by atoms with Gasteiger partial charge in [-0.3, -0.25) is 0 Å². The number of nitrogens with one attached hydrogen (secondary N) is 1. The van der Waals surface area contributed by atoms with Crippen molar-refractivity contribution >= 4 is 29.0 Å². The standard InChI is InChI=1S/C13H15N3S/c1-9-3-8-12(14)13(15-9)16-10-4-6-11(17-2)7-5-10/h3-8H,14H2,1-2H3,(H,15,16). The highest BCUT2D eigenvalue weighted by Gasteiger charge is 2.01. The maximum atomic E-state index is 5.86. The number of anilines is 3. The van der Waals surface area contributed by atoms with Gasteiger partial charge in [0.25, 0.3) is 0 Å². The summed E-state index contributed by atoms with van der Waals surface area (Å²) in [5, 5.41) is 3.22. The molecule has 0 amide bonds. The van der Waals surface area contributed by atoms with Gasteiger partial charge < -0.3 is 11.1 Å². The summed E-state index contributed by atoms with van der Waals surface area (Å²) in [6.45, 7) is 1.95. The molecule has 0 aliphatic rings. The van der Waals surface area contributed by atoms with Gasteiger partial charge in [-0.25, -0.2) is 4.98 Å². The summed E-state index contributed by atoms with van der Waals surface area (Å²) in [4.78, 5) is 5.61. The molecule has 0 bridgehead atoms. The summed E-state index contributed by atoms with van der Waals surface area (Å²) in [6, 6.07) is 11.9. The monoisotopic (exact) mass is 245 g/mol. The van der Waals surface area contributed by atoms with E-state index >= 15 is 0 Å². The lowest BCUT2D eigenvalue weighted by molar-refractivity contribution is 1.20. The van der Waals surface area contributed by atoms with Crippen LogP contribution < -0.4 is 11.1 Å². The normalized spacial score (nSPS) is 10.2. The molecule has 0 saturated heterocycles. The van der Waals surface area contributed by atoms with E-state index in [1.807, 2.05) is 31.2 Å². The van der Waals surface area contributed by atoms with Gasteiger partial charge >= 0.3 is 0 Å². The Morgan fingerprint density at radius 3 is 2.47 bits per heavy atom. The van der Waals surface area contributed by atoms with Gasteiger partial charge in [-0.2, -0.15) is 0 Å². The van der Waals surface area contributed by atoms with Crippen LogP contribution in [-0.2, 0) is 0 Å². The molecule has 1 aromatic carbocycles. The van der Waals surface area contributed by atoms with Crippen LogP contribution in [0.25, 0.3) is 0 Å². The Morgan fingerprint density at radius 1 is 1.12 bits per heavy atom. The fourth-order valence-electron chi connectivity index (χ4n) is 1.48. The van der Waals surface area contributed by atoms with E-state index in [0.717, 1.165) is 11.4 Å². The Balaban J connectivity index is 2.22. The van der Waals surface area contributed by atoms with E-state index in [2.05, 4.69) is 28.7 Å². The van der Waals surface area contributed by atoms with Crippen molar-refractivity contribution in [3.8, 4) is 0 Å². The first kappa shape index (κ1) is 11.8. The quantitative estimate of drug-likeness (QED) is 0.813. The lowest BCUT2D eigenvalue weighted by atomic mass is 10.3. The van der Waals surface area contributed by atoms with Crippen molar-refractivity contribution in [3.63, 3.8) is 0 Å². The number of aromatic nitrogens is 1. The van der Waals surface area contributed by atoms with Gasteiger partial charge in [0.15, 0.2) is 5.82 Å². The van der Waals surface area contributed by atoms with E-state index in [4.69, 9.17) is 5.73 Å². The number of pyridine rings is 1. The molecule has 3 N–H and O–H groups in total. The number of thioether (sulfide) groups is 1. The van der Waals surface area contributed by atoms with Gasteiger partial charge in [0.2, 0.25) is 0 Å². The number of nitrogens with two attached hydrogens (primary N) is 1. The van der Waals surface area contributed by atoms with E-state index in [-0.39, 0.29) is 0 Å². The first-order valence-electron chi connectivity index (χ1n) is 5.33. The van der Waals surface area contributed by atoms with Crippen LogP contribution >= 0.6 is 11.8 Å². The molecule has 17 heavy (non-hydrogen) atoms. The molecule has 0 atom stereocenters. The summed E-state index contributed by atoms with van der Waals surface area (Å²) in [5.41, 5.74) is 8.46. The number of benzene rings is 1. The first-order chi connectivity index (χ1) is 8.19. The van der Waals surface area contributed by atoms with Crippen molar-refractivity contribution in [1.29, 1.82) is 0 Å². The van der Waals surface area contributed by atoms with Crippen LogP contribution in [0, 0.1) is 6.92 Å². The smallest absolute Gasteiger partial charge is 0.153 e. The zero-order chi connectivity index (χ0) is 12.3. The SMILES string of the molecule is CSc1ccc(Nc2nc(C)ccc2N)cc1. The van der Waals surface area contributed by atoms with Crippen molar-refractivity contribution in [2.24, 2.45) is 0 Å². The minimum Gasteiger partial charge on any atom is -0.396 e. The number of rotatable bonds is 3. The molecule has 2 rings (SSSR count). The fourth-order valence-corrected chi connectivity index (χ4v) is 1.89. The van der Waals surface area contributed by atoms with Crippen LogP contribution in [0.5, 0.6) is 0 Å². The Hall–Kier alpha value is -1.68. The summed E-state index contributed by atoms with van der Waals surface area (Å²) in [7, 11) is 0. The summed E-state index contributed by atoms with van der Waals surface area (Å²) < 4.78 is 0. The van der Waals surface area contributed by atoms with E-state index in [0.29, 0.717) is 11.5 Å². The van der Waals surface area contributed by atoms with Crippen LogP contribution in [0.1, 0.15) is 5.69 Å². The molecule has 0 aliphatic heterocycles. The van der Waals surface area contributed by atoms with Gasteiger partial charge in [-0.1, -0.05) is 0 Å². The number of nitrogen functional groups attached to an aromatic ring is 1. The van der Waals surface area contributed by atoms with Crippen molar-refractivity contribution < 1.29 is 0 Å². The lowest BCUT2D eigenvalue weighted by Gasteiger charge is -2.09. The second-order valence-corrected chi connectivity index (χ2v) is 4.62. The Kier molecular flexibility index (Phi) is 3.54. The molecule has 0 unspecified atom stereocenters. The molecule has 1 aromatic heterocycles. The minimum absolute atomic E-state index is 0.657. The largest absolute Gasteiger partial charge is 0.396 e. The Labute approximate surface area is 105 Å². The molecule has 4 heteroatoms. The highest BCUT2D eigenvalue weighted by Crippen LogP contribution is 2.23. The molecule has 0 aliphatic carbocycles. The summed E-state index contributed by atoms with van der Waals surface area (Å²) in [5.74, 6) is 0.710. The predicted octanol–water partition coefficient (Wildman–Crippen LogP) is 3.44. The Morgan fingerprint density at radius 2 is 1.82 bits per heavy atom. The summed E-state index contributed by atoms with van der Waals surface area (Å²) >= 11 is 1.72. The summed E-state index contributed by atoms with van der Waals surface area (Å²) in [6.07, 6.45) is 2.06. The third-order valence-corrected chi connectivity index (χ3v) is 3.16. The molecule has 3 nitrogen and oxygen atoms in total. The number of hydrogen-bond acceptors (Lipinski definition) is 4. The molecule has 1 heterocycles. The van der Waals surface area contributed by atoms with E-state index in [9.17, 15) is 0 Å². The van der Waals surface area contributed by atoms with Gasteiger partial charge in [-0.05, 0) is 49.6 Å². The third kappa shape index (κ3) is 2.91. The molecule has 0 spiro atoms. The van der Waals surface area contributed by atoms with Gasteiger partial charge in [-0.15, -0.1) is 11.8 Å². The van der Waals surface area contributed by atoms with E-state index < -0.39 is 0 Å². The molecular weight excluding hydrogens is 230 g/mol. The van der Waals surface area contributed by atoms with Crippen molar-refractivity contribution in [2.45, 2.75) is 11.8 Å². The average Bonchev–Trinajstić information content (AvgIpc) is 2.35. The maximum Gasteiger partial charge on any atom is 0.153 e. The van der Waals surface area contributed by atoms with E-state index in [1.165, 1.54) is 4.90 Å². The minimum atomic E-state index is 0.657. The number of nitrogens with zero attached hydrogens (tertiary/aromatic N) is 1. The molecule has 0 saturated carbocycles. The highest BCUT2D eigenvalue weighted by atomic mass is 32.2. The number of hydrogen-bond donors (Lipinski definition) is 2. The second-order valence-electron chi connectivity index (χ2n) is 3.74. The molecular formula is C13H15N3S. The maximum absolute atomic E-state index is 5.86. The number of aryl methyl sites for hydroxylation is 1. The van der Waals surface area contributed by atoms with E-state index in [1.54, 1.807) is 11.8 Å². The van der Waals surface area contributed by atoms with Crippen molar-refractivity contribution in [3.05, 3.63) is 42.1 Å². The topological polar surface area (TPSA) is 50.9 Å². The van der Waals surface area contributed by atoms with Crippen LogP contribution in [-0.4, -0.2) is 11.2 Å². The van der Waals surface area contributed by atoms with Crippen LogP contribution in [0.15, 0.2) is 41.3 Å². The fraction of sp³-hybridized carbons (Fsp3) is 0.154. The van der Waals surface area contributed by atoms with Gasteiger partial charge in [0.05, 0.1) is 5.69 Å². The van der Waals surface area contributed by atoms with Gasteiger partial charge in [0, 0.05) is 16.3 Å². The third-order valence-electron chi connectivity index (χ3n) is 2.42. The van der Waals surface area contributed by atoms with Crippen LogP contribution in [0.3, 0.4) is 0 Å². The zero-order valence-electron chi connectivity index (χ0n) is 9.90. The molecule has 2 aromatic rings. The van der Waals surface area contributed by atoms with Crippen LogP contribution in [0.2, 0.25) is 0 Å². The van der Waals surface area contributed by atoms with Crippen molar-refractivity contribution in [1.82, 2.24) is 4.98 Å². The molecule has 0 fully saturated rings.